The number of para-hydroxylation sites is 1. The zero-order chi connectivity index (χ0) is 46.5. The van der Waals surface area contributed by atoms with Crippen LogP contribution in [0.15, 0.2) is 201 Å². The molecule has 0 radical (unpaired) electrons. The highest BCUT2D eigenvalue weighted by molar-refractivity contribution is 8.01. The quantitative estimate of drug-likeness (QED) is 0.136. The summed E-state index contributed by atoms with van der Waals surface area (Å²) >= 11 is 5.60. The number of hydrogen-bond acceptors (Lipinski definition) is 12. The van der Waals surface area contributed by atoms with E-state index in [2.05, 4.69) is 20.8 Å². The maximum absolute atomic E-state index is 14.7. The zero-order valence-electron chi connectivity index (χ0n) is 37.2. The van der Waals surface area contributed by atoms with E-state index >= 15 is 0 Å². The third-order valence-corrected chi connectivity index (χ3v) is 17.6. The molecule has 9 rings (SSSR count). The van der Waals surface area contributed by atoms with E-state index in [0.717, 1.165) is 47.3 Å². The van der Waals surface area contributed by atoms with Crippen molar-refractivity contribution in [1.29, 1.82) is 0 Å². The number of nitrogens with zero attached hydrogens (tertiary/aromatic N) is 2. The third-order valence-electron chi connectivity index (χ3n) is 11.0. The van der Waals surface area contributed by atoms with Crippen LogP contribution in [0.5, 0.6) is 11.5 Å². The van der Waals surface area contributed by atoms with Crippen LogP contribution in [0.25, 0.3) is 21.5 Å². The molecule has 14 heteroatoms. The van der Waals surface area contributed by atoms with E-state index in [4.69, 9.17) is 8.37 Å². The molecule has 0 amide bonds. The fourth-order valence-corrected chi connectivity index (χ4v) is 14.6. The Hall–Kier alpha value is -5.22. The molecule has 0 aliphatic carbocycles. The van der Waals surface area contributed by atoms with Crippen LogP contribution in [0.3, 0.4) is 0 Å². The Morgan fingerprint density at radius 1 is 0.409 bits per heavy atom. The first-order chi connectivity index (χ1) is 31.4. The number of anilines is 2. The summed E-state index contributed by atoms with van der Waals surface area (Å²) in [5.74, 6) is 0.461. The van der Waals surface area contributed by atoms with Crippen molar-refractivity contribution in [2.45, 2.75) is 75.1 Å². The maximum atomic E-state index is 14.7. The second kappa shape index (κ2) is 18.1. The summed E-state index contributed by atoms with van der Waals surface area (Å²) in [6, 6.07) is 47.2. The van der Waals surface area contributed by atoms with Gasteiger partial charge in [0.25, 0.3) is 0 Å². The molecule has 8 aromatic carbocycles. The lowest BCUT2D eigenvalue weighted by atomic mass is 9.87. The van der Waals surface area contributed by atoms with Crippen molar-refractivity contribution in [3.63, 3.8) is 0 Å². The van der Waals surface area contributed by atoms with Gasteiger partial charge in [-0.15, -0.1) is 0 Å². The van der Waals surface area contributed by atoms with Gasteiger partial charge in [-0.2, -0.15) is 16.8 Å². The number of benzene rings is 8. The monoisotopic (exact) mass is 986 g/mol. The first-order valence-electron chi connectivity index (χ1n) is 21.0. The average Bonchev–Trinajstić information content (AvgIpc) is 3.27. The largest absolute Gasteiger partial charge is 0.377 e. The average molecular weight is 987 g/mol. The highest BCUT2D eigenvalue weighted by atomic mass is 32.2. The van der Waals surface area contributed by atoms with Crippen LogP contribution in [-0.2, 0) is 25.7 Å². The van der Waals surface area contributed by atoms with Crippen LogP contribution in [0, 0.1) is 0 Å². The van der Waals surface area contributed by atoms with Crippen molar-refractivity contribution in [3.8, 4) is 11.5 Å². The molecular weight excluding hydrogens is 941 g/mol. The molecule has 0 unspecified atom stereocenters. The molecule has 0 N–H and O–H groups in total. The minimum absolute atomic E-state index is 0.0768. The third kappa shape index (κ3) is 9.36. The second-order valence-corrected chi connectivity index (χ2v) is 24.6. The van der Waals surface area contributed by atoms with Crippen molar-refractivity contribution in [3.05, 3.63) is 157 Å². The lowest BCUT2D eigenvalue weighted by Crippen LogP contribution is -2.15. The van der Waals surface area contributed by atoms with Gasteiger partial charge in [0, 0.05) is 80.7 Å². The molecule has 66 heavy (non-hydrogen) atoms. The summed E-state index contributed by atoms with van der Waals surface area (Å²) in [7, 11) is -1.03. The predicted molar refractivity (Wildman–Crippen MR) is 273 cm³/mol. The van der Waals surface area contributed by atoms with Crippen LogP contribution >= 0.6 is 47.0 Å². The molecule has 0 atom stereocenters. The van der Waals surface area contributed by atoms with Crippen molar-refractivity contribution >= 4 is 100 Å². The number of hydrogen-bond donors (Lipinski definition) is 0. The molecule has 1 aliphatic heterocycles. The summed E-state index contributed by atoms with van der Waals surface area (Å²) in [5.41, 5.74) is 2.50. The standard InChI is InChI=1S/C52H46N2O6S6/c1-52(2,3)33-29-46-51(60-66(57,58)49-28-13-20-39-41(49)22-11-24-43(39)54(6)7)47(30-33)64-37-18-9-16-35(32-37)62-45-26-14-25-44(61-34-15-8-17-36(31-34)63-46)50(45)59-65(55,56)48-27-12-19-38-40(48)21-10-23-42(38)53(4)5/h8-32H,1-7H3. The van der Waals surface area contributed by atoms with Gasteiger partial charge in [0.1, 0.15) is 9.79 Å². The van der Waals surface area contributed by atoms with E-state index in [1.807, 2.05) is 165 Å². The van der Waals surface area contributed by atoms with Crippen molar-refractivity contribution in [2.75, 3.05) is 38.0 Å². The number of fused-ring (bicyclic) bond motifs is 10. The van der Waals surface area contributed by atoms with Crippen molar-refractivity contribution < 1.29 is 25.2 Å². The van der Waals surface area contributed by atoms with Crippen LogP contribution in [-0.4, -0.2) is 45.0 Å². The first kappa shape index (κ1) is 45.9. The topological polar surface area (TPSA) is 93.2 Å². The van der Waals surface area contributed by atoms with Gasteiger partial charge in [-0.1, -0.05) is 135 Å². The molecule has 1 aliphatic rings. The van der Waals surface area contributed by atoms with Crippen LogP contribution in [0.2, 0.25) is 0 Å². The summed E-state index contributed by atoms with van der Waals surface area (Å²) in [4.78, 5) is 9.86. The highest BCUT2D eigenvalue weighted by Crippen LogP contribution is 2.51. The first-order valence-corrected chi connectivity index (χ1v) is 27.0. The summed E-state index contributed by atoms with van der Waals surface area (Å²) in [5, 5.41) is 2.73. The van der Waals surface area contributed by atoms with Gasteiger partial charge in [-0.3, -0.25) is 0 Å². The van der Waals surface area contributed by atoms with Gasteiger partial charge in [0.2, 0.25) is 0 Å². The van der Waals surface area contributed by atoms with E-state index in [9.17, 15) is 16.8 Å². The van der Waals surface area contributed by atoms with E-state index < -0.39 is 20.2 Å². The molecule has 1 heterocycles. The Labute approximate surface area is 404 Å². The molecule has 0 saturated carbocycles. The molecule has 8 nitrogen and oxygen atoms in total. The Morgan fingerprint density at radius 3 is 1.14 bits per heavy atom. The smallest absolute Gasteiger partial charge is 0.339 e. The lowest BCUT2D eigenvalue weighted by molar-refractivity contribution is 0.472. The molecule has 0 aromatic heterocycles. The fourth-order valence-electron chi connectivity index (χ4n) is 7.75. The van der Waals surface area contributed by atoms with E-state index in [0.29, 0.717) is 30.4 Å². The second-order valence-electron chi connectivity index (χ2n) is 17.1. The van der Waals surface area contributed by atoms with Crippen LogP contribution in [0.4, 0.5) is 11.4 Å². The lowest BCUT2D eigenvalue weighted by Gasteiger charge is -2.24. The maximum Gasteiger partial charge on any atom is 0.339 e. The minimum Gasteiger partial charge on any atom is -0.377 e. The molecule has 8 bridgehead atoms. The Morgan fingerprint density at radius 2 is 0.742 bits per heavy atom. The summed E-state index contributed by atoms with van der Waals surface area (Å²) < 4.78 is 71.3. The Kier molecular flexibility index (Phi) is 12.6. The van der Waals surface area contributed by atoms with Crippen molar-refractivity contribution in [1.82, 2.24) is 0 Å². The molecule has 0 saturated heterocycles. The van der Waals surface area contributed by atoms with Gasteiger partial charge in [-0.05, 0) is 95.9 Å². The minimum atomic E-state index is -4.39. The summed E-state index contributed by atoms with van der Waals surface area (Å²) in [6.45, 7) is 6.41. The van der Waals surface area contributed by atoms with Gasteiger partial charge in [-0.25, -0.2) is 0 Å². The van der Waals surface area contributed by atoms with Crippen LogP contribution < -0.4 is 18.2 Å². The number of rotatable bonds is 8. The SMILES string of the molecule is CN(C)c1cccc2c(S(=O)(=O)Oc3c4cccc3Sc3cccc(c3)Sc3cc(C(C)(C)C)cc(c3OS(=O)(=O)c3cccc5c(N(C)C)cccc35)Sc3cccc(c3)S4)cccc12. The normalized spacial score (nSPS) is 13.1. The highest BCUT2D eigenvalue weighted by Gasteiger charge is 2.29. The van der Waals surface area contributed by atoms with Gasteiger partial charge in [0.15, 0.2) is 11.5 Å². The predicted octanol–water partition coefficient (Wildman–Crippen LogP) is 13.9. The van der Waals surface area contributed by atoms with Gasteiger partial charge < -0.3 is 18.2 Å². The molecule has 0 spiro atoms. The Bertz CT molecular complexity index is 3330. The Balaban J connectivity index is 1.18. The molecule has 336 valence electrons. The molecule has 0 fully saturated rings. The van der Waals surface area contributed by atoms with Crippen molar-refractivity contribution in [2.24, 2.45) is 0 Å². The van der Waals surface area contributed by atoms with E-state index in [-0.39, 0.29) is 26.7 Å². The summed E-state index contributed by atoms with van der Waals surface area (Å²) in [6.07, 6.45) is 0. The van der Waals surface area contributed by atoms with Gasteiger partial charge in [0.05, 0.1) is 19.6 Å². The molecule has 8 aromatic rings. The zero-order valence-corrected chi connectivity index (χ0v) is 42.1. The molecular formula is C52H46N2O6S6. The fraction of sp³-hybridized carbons (Fsp3) is 0.154. The van der Waals surface area contributed by atoms with Gasteiger partial charge >= 0.3 is 20.2 Å². The van der Waals surface area contributed by atoms with E-state index in [1.165, 1.54) is 47.0 Å². The van der Waals surface area contributed by atoms with E-state index in [1.54, 1.807) is 24.3 Å². The van der Waals surface area contributed by atoms with Crippen LogP contribution in [0.1, 0.15) is 26.3 Å².